The molecule has 0 radical (unpaired) electrons. The van der Waals surface area contributed by atoms with Gasteiger partial charge in [0.2, 0.25) is 17.8 Å². The molecule has 0 amide bonds. The van der Waals surface area contributed by atoms with Crippen LogP contribution in [0.2, 0.25) is 0 Å². The highest BCUT2D eigenvalue weighted by atomic mass is 16.6. The molecule has 0 spiro atoms. The Kier molecular flexibility index (Phi) is 3.68. The lowest BCUT2D eigenvalue weighted by atomic mass is 9.97. The maximum absolute atomic E-state index is 11.9. The van der Waals surface area contributed by atoms with Crippen LogP contribution in [0.1, 0.15) is 6.23 Å². The van der Waals surface area contributed by atoms with Crippen molar-refractivity contribution in [3.05, 3.63) is 28.5 Å². The first-order chi connectivity index (χ1) is 13.2. The van der Waals surface area contributed by atoms with E-state index in [1.54, 1.807) is 0 Å². The normalized spacial score (nSPS) is 29.9. The van der Waals surface area contributed by atoms with Gasteiger partial charge in [0.1, 0.15) is 24.3 Å². The largest absolute Gasteiger partial charge is 0.479 e. The van der Waals surface area contributed by atoms with Crippen LogP contribution in [0.3, 0.4) is 0 Å². The van der Waals surface area contributed by atoms with E-state index in [4.69, 9.17) is 20.3 Å². The van der Waals surface area contributed by atoms with E-state index >= 15 is 0 Å². The molecule has 14 heteroatoms. The van der Waals surface area contributed by atoms with Crippen molar-refractivity contribution in [3.8, 4) is 0 Å². The smallest absolute Gasteiger partial charge is 0.343 e. The zero-order chi connectivity index (χ0) is 20.4. The number of aromatic nitrogens is 4. The number of nitrogens with zero attached hydrogens (tertiary/aromatic N) is 3. The summed E-state index contributed by atoms with van der Waals surface area (Å²) in [5.74, 6) is -3.99. The number of nitrogens with one attached hydrogen (secondary N) is 1. The summed E-state index contributed by atoms with van der Waals surface area (Å²) in [4.78, 5) is 44.6. The SMILES string of the molecule is Nc1nc2c(ncn2[C@@H]2OC3=C[C@@](C(=O)O)([C@@H](O)C(=O)O)O[C@H]3[C@H]2O)c(=O)[nH]1. The van der Waals surface area contributed by atoms with Gasteiger partial charge in [-0.1, -0.05) is 0 Å². The highest BCUT2D eigenvalue weighted by Crippen LogP contribution is 2.44. The fourth-order valence-electron chi connectivity index (χ4n) is 3.20. The molecule has 4 heterocycles. The Morgan fingerprint density at radius 2 is 2.11 bits per heavy atom. The number of carbonyl (C=O) groups is 2. The molecular weight excluding hydrogens is 382 g/mol. The van der Waals surface area contributed by atoms with Crippen molar-refractivity contribution in [2.45, 2.75) is 30.1 Å². The third-order valence-corrected chi connectivity index (χ3v) is 4.52. The van der Waals surface area contributed by atoms with E-state index in [1.165, 1.54) is 10.9 Å². The van der Waals surface area contributed by atoms with Crippen molar-refractivity contribution in [2.24, 2.45) is 0 Å². The van der Waals surface area contributed by atoms with E-state index in [0.717, 1.165) is 6.08 Å². The summed E-state index contributed by atoms with van der Waals surface area (Å²) in [7, 11) is 0. The Bertz CT molecular complexity index is 1090. The molecule has 2 aliphatic heterocycles. The van der Waals surface area contributed by atoms with Gasteiger partial charge in [-0.05, 0) is 0 Å². The van der Waals surface area contributed by atoms with Crippen molar-refractivity contribution >= 4 is 29.1 Å². The van der Waals surface area contributed by atoms with Crippen LogP contribution in [-0.4, -0.2) is 75.8 Å². The number of imidazole rings is 1. The molecule has 2 aromatic heterocycles. The summed E-state index contributed by atoms with van der Waals surface area (Å²) < 4.78 is 11.9. The van der Waals surface area contributed by atoms with E-state index in [1.807, 2.05) is 0 Å². The maximum atomic E-state index is 11.9. The summed E-state index contributed by atoms with van der Waals surface area (Å²) in [5, 5.41) is 38.7. The monoisotopic (exact) mass is 395 g/mol. The number of H-pyrrole nitrogens is 1. The van der Waals surface area contributed by atoms with Crippen LogP contribution in [0, 0.1) is 0 Å². The van der Waals surface area contributed by atoms with Crippen LogP contribution < -0.4 is 11.3 Å². The quantitative estimate of drug-likeness (QED) is 0.307. The number of aromatic amines is 1. The summed E-state index contributed by atoms with van der Waals surface area (Å²) in [6.45, 7) is 0. The minimum Gasteiger partial charge on any atom is -0.479 e. The number of aliphatic hydroxyl groups excluding tert-OH is 2. The van der Waals surface area contributed by atoms with Crippen molar-refractivity contribution in [2.75, 3.05) is 5.73 Å². The third kappa shape index (κ3) is 2.29. The van der Waals surface area contributed by atoms with Crippen molar-refractivity contribution in [1.29, 1.82) is 0 Å². The molecule has 28 heavy (non-hydrogen) atoms. The van der Waals surface area contributed by atoms with Gasteiger partial charge in [-0.25, -0.2) is 14.6 Å². The summed E-state index contributed by atoms with van der Waals surface area (Å²) in [5.41, 5.74) is 2.20. The van der Waals surface area contributed by atoms with Crippen LogP contribution in [0.5, 0.6) is 0 Å². The topological polar surface area (TPSA) is 223 Å². The minimum atomic E-state index is -2.63. The molecule has 5 atom stereocenters. The number of anilines is 1. The van der Waals surface area contributed by atoms with Gasteiger partial charge in [-0.3, -0.25) is 14.3 Å². The molecule has 0 saturated carbocycles. The number of aliphatic carboxylic acids is 2. The molecule has 7 N–H and O–H groups in total. The second-order valence-corrected chi connectivity index (χ2v) is 6.20. The van der Waals surface area contributed by atoms with Gasteiger partial charge in [-0.2, -0.15) is 4.98 Å². The number of ether oxygens (including phenoxy) is 2. The number of nitrogen functional groups attached to an aromatic ring is 1. The Balaban J connectivity index is 1.74. The molecule has 0 aliphatic carbocycles. The number of hydrogen-bond acceptors (Lipinski definition) is 10. The number of hydrogen-bond donors (Lipinski definition) is 6. The molecule has 148 valence electrons. The molecule has 1 fully saturated rings. The number of carboxylic acids is 2. The molecule has 14 nitrogen and oxygen atoms in total. The lowest BCUT2D eigenvalue weighted by molar-refractivity contribution is -0.190. The van der Waals surface area contributed by atoms with Crippen LogP contribution in [0.4, 0.5) is 5.95 Å². The predicted molar refractivity (Wildman–Crippen MR) is 85.7 cm³/mol. The predicted octanol–water partition coefficient (Wildman–Crippen LogP) is -2.86. The second-order valence-electron chi connectivity index (χ2n) is 6.20. The van der Waals surface area contributed by atoms with Crippen molar-refractivity contribution in [3.63, 3.8) is 0 Å². The molecule has 1 saturated heterocycles. The summed E-state index contributed by atoms with van der Waals surface area (Å²) in [6, 6.07) is 0. The average Bonchev–Trinajstić information content (AvgIpc) is 3.27. The van der Waals surface area contributed by atoms with E-state index in [2.05, 4.69) is 15.0 Å². The lowest BCUT2D eigenvalue weighted by Gasteiger charge is -2.28. The number of rotatable bonds is 4. The van der Waals surface area contributed by atoms with Crippen LogP contribution in [0.25, 0.3) is 11.2 Å². The van der Waals surface area contributed by atoms with Gasteiger partial charge >= 0.3 is 11.9 Å². The Hall–Kier alpha value is -3.49. The zero-order valence-electron chi connectivity index (χ0n) is 13.7. The molecule has 0 unspecified atom stereocenters. The highest BCUT2D eigenvalue weighted by molar-refractivity contribution is 5.90. The van der Waals surface area contributed by atoms with Gasteiger partial charge < -0.3 is 35.6 Å². The average molecular weight is 395 g/mol. The van der Waals surface area contributed by atoms with E-state index in [-0.39, 0.29) is 22.9 Å². The molecule has 2 aromatic rings. The third-order valence-electron chi connectivity index (χ3n) is 4.52. The maximum Gasteiger partial charge on any atom is 0.343 e. The van der Waals surface area contributed by atoms with E-state index in [0.29, 0.717) is 0 Å². The Morgan fingerprint density at radius 1 is 1.39 bits per heavy atom. The first kappa shape index (κ1) is 17.9. The highest BCUT2D eigenvalue weighted by Gasteiger charge is 2.60. The fraction of sp³-hybridized carbons (Fsp3) is 0.357. The lowest BCUT2D eigenvalue weighted by Crippen LogP contribution is -2.54. The summed E-state index contributed by atoms with van der Waals surface area (Å²) >= 11 is 0. The number of fused-ring (bicyclic) bond motifs is 2. The Labute approximate surface area is 153 Å². The number of aliphatic hydroxyl groups is 2. The molecular formula is C14H13N5O9. The van der Waals surface area contributed by atoms with Gasteiger partial charge in [0.05, 0.1) is 0 Å². The van der Waals surface area contributed by atoms with Gasteiger partial charge in [0, 0.05) is 6.08 Å². The van der Waals surface area contributed by atoms with Crippen molar-refractivity contribution < 1.29 is 39.5 Å². The van der Waals surface area contributed by atoms with Crippen LogP contribution in [0.15, 0.2) is 23.0 Å². The van der Waals surface area contributed by atoms with E-state index < -0.39 is 47.6 Å². The van der Waals surface area contributed by atoms with Gasteiger partial charge in [-0.15, -0.1) is 0 Å². The number of nitrogens with two attached hydrogens (primary N) is 1. The first-order valence-corrected chi connectivity index (χ1v) is 7.77. The van der Waals surface area contributed by atoms with Gasteiger partial charge in [0.25, 0.3) is 5.56 Å². The van der Waals surface area contributed by atoms with Crippen molar-refractivity contribution in [1.82, 2.24) is 19.5 Å². The van der Waals surface area contributed by atoms with Crippen LogP contribution >= 0.6 is 0 Å². The Morgan fingerprint density at radius 3 is 2.71 bits per heavy atom. The molecule has 4 rings (SSSR count). The van der Waals surface area contributed by atoms with E-state index in [9.17, 15) is 29.7 Å². The molecule has 0 bridgehead atoms. The van der Waals surface area contributed by atoms with Crippen LogP contribution in [-0.2, 0) is 19.1 Å². The fourth-order valence-corrected chi connectivity index (χ4v) is 3.20. The molecule has 2 aliphatic rings. The second kappa shape index (κ2) is 5.75. The summed E-state index contributed by atoms with van der Waals surface area (Å²) in [6.07, 6.45) is -4.62. The molecule has 0 aromatic carbocycles. The number of carboxylic acid groups (broad SMARTS) is 2. The van der Waals surface area contributed by atoms with Gasteiger partial charge in [0.15, 0.2) is 17.3 Å². The first-order valence-electron chi connectivity index (χ1n) is 7.77. The minimum absolute atomic E-state index is 0.000872. The standard InChI is InChI=1S/C14H13N5O9/c15-13-17-8-4(9(22)18-13)16-2-19(8)10-5(20)6-3(27-10)1-14(28-6,12(25)26)7(21)11(23)24/h1-2,5-7,10,20-21H,(H,23,24)(H,25,26)(H3,15,17,18,22)/t5-,6-,7+,10-,14+/m1/s1. The zero-order valence-corrected chi connectivity index (χ0v) is 13.7.